The number of hydrogen-bond donors (Lipinski definition) is 1. The SMILES string of the molecule is C#CCCC(=O)C1(C)CCCN1. The summed E-state index contributed by atoms with van der Waals surface area (Å²) in [6.45, 7) is 2.93. The van der Waals surface area contributed by atoms with E-state index in [4.69, 9.17) is 6.42 Å². The molecule has 0 aromatic heterocycles. The van der Waals surface area contributed by atoms with Crippen LogP contribution in [0.4, 0.5) is 0 Å². The Morgan fingerprint density at radius 3 is 3.00 bits per heavy atom. The van der Waals surface area contributed by atoms with Crippen LogP contribution in [0.5, 0.6) is 0 Å². The van der Waals surface area contributed by atoms with Crippen LogP contribution in [-0.2, 0) is 4.79 Å². The number of terminal acetylenes is 1. The van der Waals surface area contributed by atoms with Crippen molar-refractivity contribution in [2.24, 2.45) is 0 Å². The highest BCUT2D eigenvalue weighted by molar-refractivity contribution is 5.88. The van der Waals surface area contributed by atoms with Crippen molar-refractivity contribution >= 4 is 5.78 Å². The molecule has 0 saturated carbocycles. The Hall–Kier alpha value is -0.810. The zero-order valence-corrected chi connectivity index (χ0v) is 7.52. The molecule has 12 heavy (non-hydrogen) atoms. The van der Waals surface area contributed by atoms with E-state index >= 15 is 0 Å². The zero-order valence-electron chi connectivity index (χ0n) is 7.52. The first kappa shape index (κ1) is 9.28. The maximum absolute atomic E-state index is 11.6. The number of Topliss-reactive ketones (excluding diaryl/α,β-unsaturated/α-hetero) is 1. The van der Waals surface area contributed by atoms with Crippen LogP contribution in [0.2, 0.25) is 0 Å². The lowest BCUT2D eigenvalue weighted by atomic mass is 9.92. The highest BCUT2D eigenvalue weighted by atomic mass is 16.1. The number of carbonyl (C=O) groups excluding carboxylic acids is 1. The third kappa shape index (κ3) is 1.86. The molecule has 1 unspecified atom stereocenters. The van der Waals surface area contributed by atoms with Crippen LogP contribution in [0, 0.1) is 12.3 Å². The van der Waals surface area contributed by atoms with Crippen molar-refractivity contribution in [3.63, 3.8) is 0 Å². The molecule has 0 radical (unpaired) electrons. The molecule has 1 N–H and O–H groups in total. The van der Waals surface area contributed by atoms with Crippen LogP contribution >= 0.6 is 0 Å². The molecule has 0 bridgehead atoms. The van der Waals surface area contributed by atoms with Crippen molar-refractivity contribution in [2.75, 3.05) is 6.54 Å². The van der Waals surface area contributed by atoms with Gasteiger partial charge in [0, 0.05) is 12.8 Å². The number of nitrogens with one attached hydrogen (secondary N) is 1. The topological polar surface area (TPSA) is 29.1 Å². The summed E-state index contributed by atoms with van der Waals surface area (Å²) in [4.78, 5) is 11.6. The zero-order chi connectivity index (χ0) is 9.03. The Kier molecular flexibility index (Phi) is 2.88. The Bertz CT molecular complexity index is 208. The molecular formula is C10H15NO. The van der Waals surface area contributed by atoms with Gasteiger partial charge in [-0.2, -0.15) is 0 Å². The van der Waals surface area contributed by atoms with Gasteiger partial charge in [-0.05, 0) is 26.3 Å². The van der Waals surface area contributed by atoms with E-state index in [1.165, 1.54) is 0 Å². The number of carbonyl (C=O) groups is 1. The van der Waals surface area contributed by atoms with Crippen molar-refractivity contribution in [1.82, 2.24) is 5.32 Å². The van der Waals surface area contributed by atoms with E-state index in [9.17, 15) is 4.79 Å². The molecule has 2 nitrogen and oxygen atoms in total. The highest BCUT2D eigenvalue weighted by Gasteiger charge is 2.34. The summed E-state index contributed by atoms with van der Waals surface area (Å²) in [5.74, 6) is 2.75. The van der Waals surface area contributed by atoms with E-state index in [2.05, 4.69) is 11.2 Å². The van der Waals surface area contributed by atoms with E-state index in [-0.39, 0.29) is 11.3 Å². The predicted molar refractivity (Wildman–Crippen MR) is 48.7 cm³/mol. The number of hydrogen-bond acceptors (Lipinski definition) is 2. The van der Waals surface area contributed by atoms with Gasteiger partial charge < -0.3 is 5.32 Å². The fourth-order valence-corrected chi connectivity index (χ4v) is 1.59. The monoisotopic (exact) mass is 165 g/mol. The minimum absolute atomic E-state index is 0.262. The fraction of sp³-hybridized carbons (Fsp3) is 0.700. The molecule has 2 heteroatoms. The lowest BCUT2D eigenvalue weighted by Crippen LogP contribution is -2.44. The van der Waals surface area contributed by atoms with Gasteiger partial charge in [0.25, 0.3) is 0 Å². The molecular weight excluding hydrogens is 150 g/mol. The highest BCUT2D eigenvalue weighted by Crippen LogP contribution is 2.21. The molecule has 1 aliphatic rings. The summed E-state index contributed by atoms with van der Waals surface area (Å²) in [5, 5.41) is 3.22. The standard InChI is InChI=1S/C10H15NO/c1-3-4-6-9(12)10(2)7-5-8-11-10/h1,11H,4-8H2,2H3. The minimum atomic E-state index is -0.281. The van der Waals surface area contributed by atoms with Gasteiger partial charge in [-0.15, -0.1) is 12.3 Å². The molecule has 1 rings (SSSR count). The van der Waals surface area contributed by atoms with Gasteiger partial charge in [0.1, 0.15) is 0 Å². The van der Waals surface area contributed by atoms with Crippen LogP contribution in [-0.4, -0.2) is 17.9 Å². The van der Waals surface area contributed by atoms with Gasteiger partial charge in [-0.3, -0.25) is 4.79 Å². The summed E-state index contributed by atoms with van der Waals surface area (Å²) in [6.07, 6.45) is 8.23. The second-order valence-electron chi connectivity index (χ2n) is 3.49. The summed E-state index contributed by atoms with van der Waals surface area (Å²) in [5.41, 5.74) is -0.281. The summed E-state index contributed by atoms with van der Waals surface area (Å²) in [6, 6.07) is 0. The Labute approximate surface area is 73.7 Å². The quantitative estimate of drug-likeness (QED) is 0.635. The Morgan fingerprint density at radius 1 is 1.75 bits per heavy atom. The van der Waals surface area contributed by atoms with E-state index in [0.717, 1.165) is 19.4 Å². The van der Waals surface area contributed by atoms with Gasteiger partial charge in [-0.1, -0.05) is 0 Å². The largest absolute Gasteiger partial charge is 0.305 e. The van der Waals surface area contributed by atoms with E-state index < -0.39 is 0 Å². The van der Waals surface area contributed by atoms with Gasteiger partial charge >= 0.3 is 0 Å². The second kappa shape index (κ2) is 3.73. The first-order valence-corrected chi connectivity index (χ1v) is 4.41. The molecule has 1 aliphatic heterocycles. The maximum Gasteiger partial charge on any atom is 0.153 e. The summed E-state index contributed by atoms with van der Waals surface area (Å²) >= 11 is 0. The van der Waals surface area contributed by atoms with E-state index in [0.29, 0.717) is 12.8 Å². The van der Waals surface area contributed by atoms with Crippen molar-refractivity contribution in [3.05, 3.63) is 0 Å². The average molecular weight is 165 g/mol. The summed E-state index contributed by atoms with van der Waals surface area (Å²) < 4.78 is 0. The van der Waals surface area contributed by atoms with Gasteiger partial charge in [0.2, 0.25) is 0 Å². The molecule has 0 aromatic carbocycles. The third-order valence-electron chi connectivity index (χ3n) is 2.48. The normalized spacial score (nSPS) is 28.3. The third-order valence-corrected chi connectivity index (χ3v) is 2.48. The molecule has 1 heterocycles. The van der Waals surface area contributed by atoms with Crippen LogP contribution < -0.4 is 5.32 Å². The summed E-state index contributed by atoms with van der Waals surface area (Å²) in [7, 11) is 0. The minimum Gasteiger partial charge on any atom is -0.305 e. The molecule has 0 aromatic rings. The van der Waals surface area contributed by atoms with Crippen molar-refractivity contribution < 1.29 is 4.79 Å². The second-order valence-corrected chi connectivity index (χ2v) is 3.49. The van der Waals surface area contributed by atoms with Crippen molar-refractivity contribution in [2.45, 2.75) is 38.1 Å². The molecule has 0 amide bonds. The van der Waals surface area contributed by atoms with Gasteiger partial charge in [-0.25, -0.2) is 0 Å². The molecule has 0 spiro atoms. The Balaban J connectivity index is 2.45. The van der Waals surface area contributed by atoms with Crippen molar-refractivity contribution in [1.29, 1.82) is 0 Å². The van der Waals surface area contributed by atoms with E-state index in [1.807, 2.05) is 6.92 Å². The predicted octanol–water partition coefficient (Wildman–Crippen LogP) is 1.11. The first-order chi connectivity index (χ1) is 5.69. The van der Waals surface area contributed by atoms with Crippen LogP contribution in [0.15, 0.2) is 0 Å². The Morgan fingerprint density at radius 2 is 2.50 bits per heavy atom. The van der Waals surface area contributed by atoms with E-state index in [1.54, 1.807) is 0 Å². The molecule has 1 atom stereocenters. The van der Waals surface area contributed by atoms with Crippen LogP contribution in [0.25, 0.3) is 0 Å². The lowest BCUT2D eigenvalue weighted by Gasteiger charge is -2.21. The van der Waals surface area contributed by atoms with Crippen LogP contribution in [0.1, 0.15) is 32.6 Å². The van der Waals surface area contributed by atoms with Gasteiger partial charge in [0.05, 0.1) is 5.54 Å². The molecule has 66 valence electrons. The number of rotatable bonds is 3. The van der Waals surface area contributed by atoms with Crippen molar-refractivity contribution in [3.8, 4) is 12.3 Å². The molecule has 1 fully saturated rings. The smallest absolute Gasteiger partial charge is 0.153 e. The fourth-order valence-electron chi connectivity index (χ4n) is 1.59. The van der Waals surface area contributed by atoms with Gasteiger partial charge in [0.15, 0.2) is 5.78 Å². The van der Waals surface area contributed by atoms with Crippen LogP contribution in [0.3, 0.4) is 0 Å². The molecule has 1 saturated heterocycles. The average Bonchev–Trinajstić information content (AvgIpc) is 2.49. The number of ketones is 1. The lowest BCUT2D eigenvalue weighted by molar-refractivity contribution is -0.124. The first-order valence-electron chi connectivity index (χ1n) is 4.41. The maximum atomic E-state index is 11.6. The molecule has 0 aliphatic carbocycles.